The molecule has 268 valence electrons. The number of carbonyl (C=O) groups excluding carboxylic acids is 4. The van der Waals surface area contributed by atoms with Crippen LogP contribution in [0, 0.1) is 30.6 Å². The molecule has 4 aliphatic rings. The SMILES string of the molecule is COc1ccc([C@H]2C3=CC[C@@H]4C(=O)N(c5ccc(C(=O)O)c(O)c5)C(=O)[C@@H]4[C@@H]3C[C@H]3C(=O)N(Nc4ccc(C)cc4)C(=O)[C@@]23c2ccccc2)cc1O. The van der Waals surface area contributed by atoms with Gasteiger partial charge < -0.3 is 20.1 Å². The Morgan fingerprint density at radius 1 is 0.849 bits per heavy atom. The van der Waals surface area contributed by atoms with Crippen molar-refractivity contribution in [2.45, 2.75) is 31.1 Å². The van der Waals surface area contributed by atoms with Crippen LogP contribution in [-0.4, -0.2) is 57.0 Å². The fourth-order valence-corrected chi connectivity index (χ4v) is 9.10. The summed E-state index contributed by atoms with van der Waals surface area (Å²) in [5.74, 6) is -8.21. The number of aromatic carboxylic acids is 1. The third-order valence-corrected chi connectivity index (χ3v) is 11.4. The van der Waals surface area contributed by atoms with Gasteiger partial charge in [-0.1, -0.05) is 65.7 Å². The number of nitrogens with zero attached hydrogens (tertiary/aromatic N) is 2. The van der Waals surface area contributed by atoms with Crippen molar-refractivity contribution in [3.8, 4) is 17.2 Å². The number of imide groups is 2. The van der Waals surface area contributed by atoms with Crippen LogP contribution in [0.1, 0.15) is 45.8 Å². The number of methoxy groups -OCH3 is 1. The number of benzene rings is 4. The molecule has 8 rings (SSSR count). The molecule has 1 saturated carbocycles. The van der Waals surface area contributed by atoms with Crippen molar-refractivity contribution in [1.29, 1.82) is 0 Å². The van der Waals surface area contributed by atoms with Crippen molar-refractivity contribution < 1.29 is 44.0 Å². The molecule has 4 aromatic carbocycles. The number of hydrogen-bond donors (Lipinski definition) is 4. The fourth-order valence-electron chi connectivity index (χ4n) is 9.10. The summed E-state index contributed by atoms with van der Waals surface area (Å²) >= 11 is 0. The minimum atomic E-state index is -1.52. The van der Waals surface area contributed by atoms with Gasteiger partial charge in [0.2, 0.25) is 11.8 Å². The maximum Gasteiger partial charge on any atom is 0.339 e. The number of anilines is 2. The zero-order valence-corrected chi connectivity index (χ0v) is 28.7. The molecular weight excluding hydrogens is 678 g/mol. The Bertz CT molecular complexity index is 2250. The van der Waals surface area contributed by atoms with Crippen LogP contribution >= 0.6 is 0 Å². The van der Waals surface area contributed by atoms with Gasteiger partial charge >= 0.3 is 5.97 Å². The van der Waals surface area contributed by atoms with Gasteiger partial charge in [0.25, 0.3) is 11.8 Å². The van der Waals surface area contributed by atoms with Gasteiger partial charge in [0.1, 0.15) is 11.3 Å². The Hall–Kier alpha value is -6.43. The molecule has 3 fully saturated rings. The van der Waals surface area contributed by atoms with Crippen molar-refractivity contribution in [1.82, 2.24) is 5.01 Å². The van der Waals surface area contributed by atoms with Crippen LogP contribution in [0.2, 0.25) is 0 Å². The molecule has 0 unspecified atom stereocenters. The molecule has 2 aliphatic heterocycles. The Morgan fingerprint density at radius 3 is 2.25 bits per heavy atom. The van der Waals surface area contributed by atoms with Crippen LogP contribution in [0.4, 0.5) is 11.4 Å². The standard InChI is InChI=1S/C41H35N3O9/c1-21-8-11-24(12-9-21)42-44-37(48)30-20-29-26(15-16-28-34(29)38(49)43(36(28)47)25-13-14-27(39(50)51)31(45)19-25)35(22-10-17-33(53-2)32(46)18-22)41(30,40(44)52)23-6-4-3-5-7-23/h3-15,17-19,28-30,34-35,42,45-46H,16,20H2,1-2H3,(H,50,51)/t28-,29+,30-,34-,35-,41+/m0/s1. The number of nitrogens with one attached hydrogen (secondary N) is 1. The molecule has 2 heterocycles. The van der Waals surface area contributed by atoms with Crippen molar-refractivity contribution in [3.05, 3.63) is 125 Å². The zero-order valence-electron chi connectivity index (χ0n) is 28.7. The van der Waals surface area contributed by atoms with Crippen molar-refractivity contribution in [2.75, 3.05) is 17.4 Å². The summed E-state index contributed by atoms with van der Waals surface area (Å²) in [7, 11) is 1.42. The summed E-state index contributed by atoms with van der Waals surface area (Å²) in [5, 5.41) is 32.0. The highest BCUT2D eigenvalue weighted by molar-refractivity contribution is 6.23. The lowest BCUT2D eigenvalue weighted by molar-refractivity contribution is -0.138. The molecule has 6 atom stereocenters. The van der Waals surface area contributed by atoms with Gasteiger partial charge in [-0.15, -0.1) is 0 Å². The lowest BCUT2D eigenvalue weighted by atomic mass is 9.49. The average Bonchev–Trinajstić information content (AvgIpc) is 3.53. The predicted molar refractivity (Wildman–Crippen MR) is 191 cm³/mol. The smallest absolute Gasteiger partial charge is 0.339 e. The topological polar surface area (TPSA) is 174 Å². The van der Waals surface area contributed by atoms with E-state index in [-0.39, 0.29) is 35.6 Å². The van der Waals surface area contributed by atoms with Crippen LogP contribution in [0.3, 0.4) is 0 Å². The van der Waals surface area contributed by atoms with Gasteiger partial charge in [0, 0.05) is 12.0 Å². The summed E-state index contributed by atoms with van der Waals surface area (Å²) in [6.45, 7) is 1.93. The molecule has 4 N–H and O–H groups in total. The molecular formula is C41H35N3O9. The number of carbonyl (C=O) groups is 5. The number of allylic oxidation sites excluding steroid dienone is 2. The Labute approximate surface area is 303 Å². The number of fused-ring (bicyclic) bond motifs is 4. The number of hydrazine groups is 1. The molecule has 2 aliphatic carbocycles. The summed E-state index contributed by atoms with van der Waals surface area (Å²) < 4.78 is 5.34. The molecule has 0 aromatic heterocycles. The third kappa shape index (κ3) is 4.92. The fraction of sp³-hybridized carbons (Fsp3) is 0.244. The second-order valence-electron chi connectivity index (χ2n) is 14.0. The molecule has 12 nitrogen and oxygen atoms in total. The molecule has 53 heavy (non-hydrogen) atoms. The maximum absolute atomic E-state index is 15.2. The highest BCUT2D eigenvalue weighted by Gasteiger charge is 2.70. The minimum absolute atomic E-state index is 0.0325. The van der Waals surface area contributed by atoms with Gasteiger partial charge in [-0.25, -0.2) is 9.69 Å². The van der Waals surface area contributed by atoms with E-state index in [0.717, 1.165) is 27.6 Å². The van der Waals surface area contributed by atoms with Crippen molar-refractivity contribution in [2.24, 2.45) is 23.7 Å². The largest absolute Gasteiger partial charge is 0.507 e. The number of phenolic OH excluding ortho intramolecular Hbond substituents is 1. The average molecular weight is 714 g/mol. The van der Waals surface area contributed by atoms with Gasteiger partial charge in [0.15, 0.2) is 11.5 Å². The third-order valence-electron chi connectivity index (χ3n) is 11.4. The molecule has 12 heteroatoms. The van der Waals surface area contributed by atoms with E-state index in [1.807, 2.05) is 43.3 Å². The Kier molecular flexibility index (Phi) is 7.86. The van der Waals surface area contributed by atoms with Crippen LogP contribution in [-0.2, 0) is 24.6 Å². The molecule has 0 bridgehead atoms. The number of rotatable bonds is 7. The number of aryl methyl sites for hydroxylation is 1. The molecule has 4 amide bonds. The van der Waals surface area contributed by atoms with Gasteiger partial charge in [-0.3, -0.25) is 24.6 Å². The Morgan fingerprint density at radius 2 is 1.58 bits per heavy atom. The molecule has 0 radical (unpaired) electrons. The first-order valence-electron chi connectivity index (χ1n) is 17.3. The first kappa shape index (κ1) is 33.7. The summed E-state index contributed by atoms with van der Waals surface area (Å²) in [4.78, 5) is 71.1. The monoisotopic (exact) mass is 713 g/mol. The van der Waals surface area contributed by atoms with E-state index in [1.165, 1.54) is 19.2 Å². The van der Waals surface area contributed by atoms with E-state index in [9.17, 15) is 34.5 Å². The molecule has 0 spiro atoms. The molecule has 4 aromatic rings. The minimum Gasteiger partial charge on any atom is -0.507 e. The van der Waals surface area contributed by atoms with Crippen molar-refractivity contribution >= 4 is 41.0 Å². The quantitative estimate of drug-likeness (QED) is 0.145. The second kappa shape index (κ2) is 12.4. The summed E-state index contributed by atoms with van der Waals surface area (Å²) in [6.07, 6.45) is 2.11. The van der Waals surface area contributed by atoms with Crippen LogP contribution < -0.4 is 15.1 Å². The zero-order chi connectivity index (χ0) is 37.3. The first-order valence-corrected chi connectivity index (χ1v) is 17.3. The van der Waals surface area contributed by atoms with Crippen LogP contribution in [0.5, 0.6) is 17.2 Å². The number of aromatic hydroxyl groups is 2. The van der Waals surface area contributed by atoms with E-state index >= 15 is 4.79 Å². The number of carboxylic acid groups (broad SMARTS) is 1. The van der Waals surface area contributed by atoms with Crippen LogP contribution in [0.25, 0.3) is 0 Å². The lowest BCUT2D eigenvalue weighted by Gasteiger charge is -2.50. The number of phenols is 2. The lowest BCUT2D eigenvalue weighted by Crippen LogP contribution is -2.53. The highest BCUT2D eigenvalue weighted by atomic mass is 16.5. The maximum atomic E-state index is 15.2. The van der Waals surface area contributed by atoms with E-state index in [0.29, 0.717) is 22.4 Å². The first-order chi connectivity index (χ1) is 25.5. The van der Waals surface area contributed by atoms with E-state index < -0.39 is 70.4 Å². The van der Waals surface area contributed by atoms with Gasteiger partial charge in [-0.05, 0) is 73.2 Å². The van der Waals surface area contributed by atoms with E-state index in [1.54, 1.807) is 36.4 Å². The number of ether oxygens (including phenoxy) is 1. The van der Waals surface area contributed by atoms with Crippen LogP contribution in [0.15, 0.2) is 103 Å². The molecule has 2 saturated heterocycles. The van der Waals surface area contributed by atoms with E-state index in [4.69, 9.17) is 4.74 Å². The number of hydrogen-bond acceptors (Lipinski definition) is 9. The summed E-state index contributed by atoms with van der Waals surface area (Å²) in [5.41, 5.74) is 4.52. The highest BCUT2D eigenvalue weighted by Crippen LogP contribution is 2.64. The van der Waals surface area contributed by atoms with Gasteiger partial charge in [-0.2, -0.15) is 5.01 Å². The number of carboxylic acids is 1. The predicted octanol–water partition coefficient (Wildman–Crippen LogP) is 5.30. The van der Waals surface area contributed by atoms with E-state index in [2.05, 4.69) is 5.43 Å². The second-order valence-corrected chi connectivity index (χ2v) is 14.0. The Balaban J connectivity index is 1.30. The van der Waals surface area contributed by atoms with Gasteiger partial charge in [0.05, 0.1) is 41.7 Å². The van der Waals surface area contributed by atoms with Crippen molar-refractivity contribution in [3.63, 3.8) is 0 Å². The number of amides is 4. The summed E-state index contributed by atoms with van der Waals surface area (Å²) in [6, 6.07) is 24.7. The normalized spacial score (nSPS) is 26.2.